The van der Waals surface area contributed by atoms with Gasteiger partial charge in [-0.1, -0.05) is 26.7 Å². The summed E-state index contributed by atoms with van der Waals surface area (Å²) in [6, 6.07) is 0. The van der Waals surface area contributed by atoms with Crippen LogP contribution in [-0.4, -0.2) is 35.1 Å². The van der Waals surface area contributed by atoms with Crippen LogP contribution >= 0.6 is 0 Å². The molecule has 80 valence electrons. The highest BCUT2D eigenvalue weighted by atomic mass is 16.3. The lowest BCUT2D eigenvalue weighted by atomic mass is 9.76. The Morgan fingerprint density at radius 3 is 1.85 bits per heavy atom. The van der Waals surface area contributed by atoms with Gasteiger partial charge < -0.3 is 15.3 Å². The molecule has 0 heterocycles. The highest BCUT2D eigenvalue weighted by Crippen LogP contribution is 2.30. The fourth-order valence-corrected chi connectivity index (χ4v) is 1.43. The number of hydrogen-bond acceptors (Lipinski definition) is 3. The Morgan fingerprint density at radius 2 is 1.54 bits per heavy atom. The van der Waals surface area contributed by atoms with Crippen LogP contribution in [0.5, 0.6) is 0 Å². The van der Waals surface area contributed by atoms with Crippen LogP contribution in [0, 0.1) is 11.3 Å². The summed E-state index contributed by atoms with van der Waals surface area (Å²) in [7, 11) is 0. The monoisotopic (exact) mass is 190 g/mol. The van der Waals surface area contributed by atoms with Crippen LogP contribution in [0.1, 0.15) is 33.1 Å². The summed E-state index contributed by atoms with van der Waals surface area (Å²) < 4.78 is 0. The standard InChI is InChI=1S/C10H22O3/c1-3-4-5-9(2)10(6-11,7-12)8-13/h9,11-13H,3-8H2,1-2H3. The summed E-state index contributed by atoms with van der Waals surface area (Å²) in [5.74, 6) is 0.160. The fourth-order valence-electron chi connectivity index (χ4n) is 1.43. The number of aliphatic hydroxyl groups is 3. The molecule has 0 saturated carbocycles. The second-order valence-electron chi connectivity index (χ2n) is 3.88. The van der Waals surface area contributed by atoms with E-state index in [1.807, 2.05) is 6.92 Å². The third-order valence-electron chi connectivity index (χ3n) is 2.98. The second-order valence-corrected chi connectivity index (χ2v) is 3.88. The summed E-state index contributed by atoms with van der Waals surface area (Å²) in [5.41, 5.74) is -0.699. The van der Waals surface area contributed by atoms with E-state index in [2.05, 4.69) is 6.92 Å². The van der Waals surface area contributed by atoms with Gasteiger partial charge in [0.2, 0.25) is 0 Å². The molecule has 0 aliphatic heterocycles. The molecule has 1 unspecified atom stereocenters. The Balaban J connectivity index is 4.17. The zero-order valence-electron chi connectivity index (χ0n) is 8.66. The van der Waals surface area contributed by atoms with Gasteiger partial charge in [-0.25, -0.2) is 0 Å². The van der Waals surface area contributed by atoms with Crippen molar-refractivity contribution in [3.05, 3.63) is 0 Å². The first kappa shape index (κ1) is 12.9. The fraction of sp³-hybridized carbons (Fsp3) is 1.00. The minimum Gasteiger partial charge on any atom is -0.396 e. The van der Waals surface area contributed by atoms with Crippen molar-refractivity contribution >= 4 is 0 Å². The number of aliphatic hydroxyl groups excluding tert-OH is 3. The predicted octanol–water partition coefficient (Wildman–Crippen LogP) is 0.776. The molecule has 0 aliphatic rings. The molecule has 0 amide bonds. The zero-order valence-corrected chi connectivity index (χ0v) is 8.66. The third-order valence-corrected chi connectivity index (χ3v) is 2.98. The molecule has 0 aliphatic carbocycles. The van der Waals surface area contributed by atoms with Crippen LogP contribution in [0.4, 0.5) is 0 Å². The molecule has 0 aromatic carbocycles. The first-order chi connectivity index (χ1) is 6.16. The minimum absolute atomic E-state index is 0.148. The molecule has 0 aromatic heterocycles. The molecular formula is C10H22O3. The lowest BCUT2D eigenvalue weighted by Gasteiger charge is -2.34. The molecule has 3 N–H and O–H groups in total. The van der Waals surface area contributed by atoms with E-state index in [0.29, 0.717) is 0 Å². The smallest absolute Gasteiger partial charge is 0.0534 e. The van der Waals surface area contributed by atoms with Crippen molar-refractivity contribution in [1.29, 1.82) is 0 Å². The van der Waals surface area contributed by atoms with E-state index >= 15 is 0 Å². The van der Waals surface area contributed by atoms with Crippen LogP contribution in [-0.2, 0) is 0 Å². The Kier molecular flexibility index (Phi) is 6.29. The molecule has 0 radical (unpaired) electrons. The van der Waals surface area contributed by atoms with Gasteiger partial charge in [0.15, 0.2) is 0 Å². The molecule has 1 atom stereocenters. The lowest BCUT2D eigenvalue weighted by Crippen LogP contribution is -2.40. The molecule has 0 fully saturated rings. The second kappa shape index (κ2) is 6.35. The van der Waals surface area contributed by atoms with Crippen LogP contribution < -0.4 is 0 Å². The van der Waals surface area contributed by atoms with Crippen molar-refractivity contribution in [1.82, 2.24) is 0 Å². The van der Waals surface area contributed by atoms with E-state index < -0.39 is 5.41 Å². The average Bonchev–Trinajstić information content (AvgIpc) is 2.18. The van der Waals surface area contributed by atoms with Crippen LogP contribution in [0.15, 0.2) is 0 Å². The van der Waals surface area contributed by atoms with Crippen LogP contribution in [0.2, 0.25) is 0 Å². The van der Waals surface area contributed by atoms with Crippen molar-refractivity contribution in [2.24, 2.45) is 11.3 Å². The largest absolute Gasteiger partial charge is 0.396 e. The SMILES string of the molecule is CCCCC(C)C(CO)(CO)CO. The predicted molar refractivity (Wildman–Crippen MR) is 52.4 cm³/mol. The van der Waals surface area contributed by atoms with Gasteiger partial charge in [0.05, 0.1) is 19.8 Å². The molecule has 3 nitrogen and oxygen atoms in total. The van der Waals surface area contributed by atoms with E-state index in [-0.39, 0.29) is 25.7 Å². The van der Waals surface area contributed by atoms with E-state index in [0.717, 1.165) is 19.3 Å². The van der Waals surface area contributed by atoms with Crippen molar-refractivity contribution in [2.75, 3.05) is 19.8 Å². The zero-order chi connectivity index (χ0) is 10.3. The minimum atomic E-state index is -0.699. The molecule has 0 rings (SSSR count). The molecule has 0 saturated heterocycles. The quantitative estimate of drug-likeness (QED) is 0.556. The Hall–Kier alpha value is -0.120. The maximum absolute atomic E-state index is 9.13. The summed E-state index contributed by atoms with van der Waals surface area (Å²) in [5, 5.41) is 27.4. The summed E-state index contributed by atoms with van der Waals surface area (Å²) in [4.78, 5) is 0. The molecule has 3 heteroatoms. The van der Waals surface area contributed by atoms with Gasteiger partial charge >= 0.3 is 0 Å². The molecule has 0 spiro atoms. The highest BCUT2D eigenvalue weighted by molar-refractivity contribution is 4.82. The number of unbranched alkanes of at least 4 members (excludes halogenated alkanes) is 1. The maximum atomic E-state index is 9.13. The average molecular weight is 190 g/mol. The van der Waals surface area contributed by atoms with Gasteiger partial charge in [-0.05, 0) is 12.3 Å². The lowest BCUT2D eigenvalue weighted by molar-refractivity contribution is -0.0360. The Morgan fingerprint density at radius 1 is 1.08 bits per heavy atom. The van der Waals surface area contributed by atoms with E-state index in [1.165, 1.54) is 0 Å². The first-order valence-electron chi connectivity index (χ1n) is 4.99. The summed E-state index contributed by atoms with van der Waals surface area (Å²) in [6.07, 6.45) is 3.11. The third kappa shape index (κ3) is 3.25. The van der Waals surface area contributed by atoms with Crippen molar-refractivity contribution in [3.63, 3.8) is 0 Å². The molecule has 0 aromatic rings. The Labute approximate surface area is 80.4 Å². The Bertz CT molecular complexity index is 113. The van der Waals surface area contributed by atoms with Gasteiger partial charge in [0.25, 0.3) is 0 Å². The van der Waals surface area contributed by atoms with Crippen molar-refractivity contribution < 1.29 is 15.3 Å². The first-order valence-corrected chi connectivity index (χ1v) is 4.99. The highest BCUT2D eigenvalue weighted by Gasteiger charge is 2.33. The number of rotatable bonds is 7. The van der Waals surface area contributed by atoms with E-state index in [1.54, 1.807) is 0 Å². The van der Waals surface area contributed by atoms with Gasteiger partial charge in [-0.3, -0.25) is 0 Å². The van der Waals surface area contributed by atoms with E-state index in [4.69, 9.17) is 15.3 Å². The molecule has 0 bridgehead atoms. The van der Waals surface area contributed by atoms with Gasteiger partial charge in [0, 0.05) is 5.41 Å². The van der Waals surface area contributed by atoms with Crippen LogP contribution in [0.25, 0.3) is 0 Å². The van der Waals surface area contributed by atoms with Gasteiger partial charge in [-0.15, -0.1) is 0 Å². The van der Waals surface area contributed by atoms with Gasteiger partial charge in [0.1, 0.15) is 0 Å². The molecule has 13 heavy (non-hydrogen) atoms. The van der Waals surface area contributed by atoms with Crippen LogP contribution in [0.3, 0.4) is 0 Å². The number of hydrogen-bond donors (Lipinski definition) is 3. The van der Waals surface area contributed by atoms with Crippen molar-refractivity contribution in [2.45, 2.75) is 33.1 Å². The normalized spacial score (nSPS) is 14.5. The topological polar surface area (TPSA) is 60.7 Å². The maximum Gasteiger partial charge on any atom is 0.0534 e. The molecular weight excluding hydrogens is 168 g/mol. The van der Waals surface area contributed by atoms with Gasteiger partial charge in [-0.2, -0.15) is 0 Å². The van der Waals surface area contributed by atoms with Crippen molar-refractivity contribution in [3.8, 4) is 0 Å². The van der Waals surface area contributed by atoms with E-state index in [9.17, 15) is 0 Å². The summed E-state index contributed by atoms with van der Waals surface area (Å²) in [6.45, 7) is 3.63. The summed E-state index contributed by atoms with van der Waals surface area (Å²) >= 11 is 0.